The van der Waals surface area contributed by atoms with Crippen molar-refractivity contribution in [3.8, 4) is 0 Å². The van der Waals surface area contributed by atoms with Crippen LogP contribution in [0.15, 0.2) is 46.4 Å². The van der Waals surface area contributed by atoms with Gasteiger partial charge in [-0.25, -0.2) is 13.2 Å². The third-order valence-corrected chi connectivity index (χ3v) is 3.82. The van der Waals surface area contributed by atoms with Crippen molar-refractivity contribution in [2.75, 3.05) is 0 Å². The van der Waals surface area contributed by atoms with Gasteiger partial charge in [-0.1, -0.05) is 17.3 Å². The first-order valence-electron chi connectivity index (χ1n) is 5.86. The van der Waals surface area contributed by atoms with Crippen LogP contribution in [-0.4, -0.2) is 11.0 Å². The molecule has 0 spiro atoms. The lowest BCUT2D eigenvalue weighted by molar-refractivity contribution is 0.318. The lowest BCUT2D eigenvalue weighted by atomic mass is 10.1. The fraction of sp³-hybridized carbons (Fsp3) is 0.0714. The number of nitrogens with zero attached hydrogens (tertiary/aromatic N) is 1. The summed E-state index contributed by atoms with van der Waals surface area (Å²) in [6, 6.07) is 7.47. The second kappa shape index (κ2) is 6.53. The first-order valence-corrected chi connectivity index (χ1v) is 6.84. The smallest absolute Gasteiger partial charge is 0.173 e. The molecule has 0 aliphatic heterocycles. The predicted octanol–water partition coefficient (Wildman–Crippen LogP) is 3.49. The molecule has 0 aliphatic carbocycles. The van der Waals surface area contributed by atoms with Crippen LogP contribution >= 0.6 is 11.8 Å². The lowest BCUT2D eigenvalue weighted by Gasteiger charge is -2.08. The van der Waals surface area contributed by atoms with Gasteiger partial charge in [0.15, 0.2) is 5.84 Å². The Labute approximate surface area is 123 Å². The third-order valence-electron chi connectivity index (χ3n) is 2.74. The third kappa shape index (κ3) is 3.49. The maximum atomic E-state index is 14.1. The Bertz CT molecular complexity index is 692. The van der Waals surface area contributed by atoms with Crippen LogP contribution in [-0.2, 0) is 5.75 Å². The van der Waals surface area contributed by atoms with Gasteiger partial charge in [0.05, 0.1) is 5.56 Å². The molecule has 2 aromatic carbocycles. The molecule has 7 heteroatoms. The molecule has 0 amide bonds. The van der Waals surface area contributed by atoms with E-state index in [1.807, 2.05) is 0 Å². The Morgan fingerprint density at radius 3 is 2.67 bits per heavy atom. The summed E-state index contributed by atoms with van der Waals surface area (Å²) < 4.78 is 40.7. The molecule has 0 aliphatic rings. The molecular weight excluding hydrogens is 301 g/mol. The highest BCUT2D eigenvalue weighted by Crippen LogP contribution is 2.27. The summed E-state index contributed by atoms with van der Waals surface area (Å²) in [4.78, 5) is 0.0867. The maximum Gasteiger partial charge on any atom is 0.173 e. The molecule has 3 nitrogen and oxygen atoms in total. The van der Waals surface area contributed by atoms with Crippen LogP contribution in [0.5, 0.6) is 0 Å². The molecule has 21 heavy (non-hydrogen) atoms. The number of thioether (sulfide) groups is 1. The van der Waals surface area contributed by atoms with Gasteiger partial charge in [0, 0.05) is 10.6 Å². The number of rotatable bonds is 4. The average Bonchev–Trinajstić information content (AvgIpc) is 2.48. The highest BCUT2D eigenvalue weighted by atomic mass is 32.2. The van der Waals surface area contributed by atoms with E-state index in [2.05, 4.69) is 5.16 Å². The fourth-order valence-electron chi connectivity index (χ4n) is 1.69. The maximum absolute atomic E-state index is 14.1. The van der Waals surface area contributed by atoms with Crippen molar-refractivity contribution >= 4 is 17.6 Å². The van der Waals surface area contributed by atoms with Gasteiger partial charge in [0.2, 0.25) is 0 Å². The zero-order chi connectivity index (χ0) is 15.4. The van der Waals surface area contributed by atoms with E-state index in [0.717, 1.165) is 30.0 Å². The molecule has 0 bridgehead atoms. The molecule has 110 valence electrons. The summed E-state index contributed by atoms with van der Waals surface area (Å²) in [7, 11) is 0. The van der Waals surface area contributed by atoms with Crippen molar-refractivity contribution < 1.29 is 18.4 Å². The van der Waals surface area contributed by atoms with E-state index in [9.17, 15) is 13.2 Å². The van der Waals surface area contributed by atoms with Crippen LogP contribution in [0.4, 0.5) is 13.2 Å². The molecule has 2 rings (SSSR count). The summed E-state index contributed by atoms with van der Waals surface area (Å²) in [6.07, 6.45) is 0. The van der Waals surface area contributed by atoms with Crippen LogP contribution in [0.25, 0.3) is 0 Å². The van der Waals surface area contributed by atoms with Gasteiger partial charge in [-0.2, -0.15) is 0 Å². The second-order valence-electron chi connectivity index (χ2n) is 4.13. The molecule has 3 N–H and O–H groups in total. The van der Waals surface area contributed by atoms with E-state index in [1.54, 1.807) is 0 Å². The number of benzene rings is 2. The van der Waals surface area contributed by atoms with Gasteiger partial charge in [-0.3, -0.25) is 0 Å². The quantitative estimate of drug-likeness (QED) is 0.299. The topological polar surface area (TPSA) is 58.6 Å². The van der Waals surface area contributed by atoms with Crippen LogP contribution in [0.2, 0.25) is 0 Å². The minimum absolute atomic E-state index is 0.0460. The zero-order valence-electron chi connectivity index (χ0n) is 10.7. The van der Waals surface area contributed by atoms with Crippen molar-refractivity contribution in [1.82, 2.24) is 0 Å². The minimum Gasteiger partial charge on any atom is -0.409 e. The van der Waals surface area contributed by atoms with Crippen LogP contribution < -0.4 is 5.73 Å². The fourth-order valence-corrected chi connectivity index (χ4v) is 2.62. The predicted molar refractivity (Wildman–Crippen MR) is 74.8 cm³/mol. The Kier molecular flexibility index (Phi) is 4.74. The molecule has 0 saturated carbocycles. The van der Waals surface area contributed by atoms with Gasteiger partial charge < -0.3 is 10.9 Å². The molecule has 0 fully saturated rings. The molecule has 2 aromatic rings. The molecular formula is C14H11F3N2OS. The van der Waals surface area contributed by atoms with Crippen molar-refractivity contribution in [3.63, 3.8) is 0 Å². The molecule has 0 atom stereocenters. The lowest BCUT2D eigenvalue weighted by Crippen LogP contribution is -2.15. The van der Waals surface area contributed by atoms with Crippen molar-refractivity contribution in [2.24, 2.45) is 10.9 Å². The minimum atomic E-state index is -0.655. The Morgan fingerprint density at radius 2 is 1.95 bits per heavy atom. The van der Waals surface area contributed by atoms with Gasteiger partial charge in [-0.05, 0) is 29.8 Å². The van der Waals surface area contributed by atoms with E-state index in [4.69, 9.17) is 10.9 Å². The number of oxime groups is 1. The average molecular weight is 312 g/mol. The summed E-state index contributed by atoms with van der Waals surface area (Å²) >= 11 is 0.958. The van der Waals surface area contributed by atoms with Gasteiger partial charge in [0.25, 0.3) is 0 Å². The van der Waals surface area contributed by atoms with Crippen LogP contribution in [0.1, 0.15) is 11.1 Å². The molecule has 0 unspecified atom stereocenters. The number of nitrogens with two attached hydrogens (primary N) is 1. The number of hydrogen-bond acceptors (Lipinski definition) is 3. The Morgan fingerprint density at radius 1 is 1.19 bits per heavy atom. The van der Waals surface area contributed by atoms with Crippen molar-refractivity contribution in [3.05, 3.63) is 65.0 Å². The first kappa shape index (κ1) is 15.2. The zero-order valence-corrected chi connectivity index (χ0v) is 11.5. The molecule has 0 saturated heterocycles. The SMILES string of the molecule is N/C(=N/O)c1cccc(CSc2cc(F)ccc2F)c1F. The van der Waals surface area contributed by atoms with E-state index >= 15 is 0 Å². The normalized spacial score (nSPS) is 11.7. The number of amidine groups is 1. The van der Waals surface area contributed by atoms with E-state index in [1.165, 1.54) is 18.2 Å². The number of hydrogen-bond donors (Lipinski definition) is 2. The summed E-state index contributed by atoms with van der Waals surface area (Å²) in [6.45, 7) is 0. The molecule has 0 aromatic heterocycles. The molecule has 0 radical (unpaired) electrons. The van der Waals surface area contributed by atoms with E-state index in [0.29, 0.717) is 0 Å². The largest absolute Gasteiger partial charge is 0.409 e. The van der Waals surface area contributed by atoms with E-state index in [-0.39, 0.29) is 27.6 Å². The summed E-state index contributed by atoms with van der Waals surface area (Å²) in [5.74, 6) is -2.06. The monoisotopic (exact) mass is 312 g/mol. The van der Waals surface area contributed by atoms with Gasteiger partial charge in [0.1, 0.15) is 17.5 Å². The van der Waals surface area contributed by atoms with Crippen LogP contribution in [0, 0.1) is 17.5 Å². The summed E-state index contributed by atoms with van der Waals surface area (Å²) in [5.41, 5.74) is 5.56. The highest BCUT2D eigenvalue weighted by molar-refractivity contribution is 7.98. The Balaban J connectivity index is 2.23. The standard InChI is InChI=1S/C14H11F3N2OS/c15-9-4-5-11(16)12(6-9)21-7-8-2-1-3-10(13(8)17)14(18)19-20/h1-6,20H,7H2,(H2,18,19). The first-order chi connectivity index (χ1) is 10.0. The van der Waals surface area contributed by atoms with Gasteiger partial charge in [-0.15, -0.1) is 11.8 Å². The highest BCUT2D eigenvalue weighted by Gasteiger charge is 2.13. The van der Waals surface area contributed by atoms with Crippen molar-refractivity contribution in [2.45, 2.75) is 10.6 Å². The Hall–Kier alpha value is -2.15. The second-order valence-corrected chi connectivity index (χ2v) is 5.14. The summed E-state index contributed by atoms with van der Waals surface area (Å²) in [5, 5.41) is 11.3. The molecule has 0 heterocycles. The number of halogens is 3. The van der Waals surface area contributed by atoms with Crippen LogP contribution in [0.3, 0.4) is 0 Å². The van der Waals surface area contributed by atoms with E-state index < -0.39 is 17.5 Å². The van der Waals surface area contributed by atoms with Crippen molar-refractivity contribution in [1.29, 1.82) is 0 Å². The van der Waals surface area contributed by atoms with Gasteiger partial charge >= 0.3 is 0 Å².